The molecule has 0 atom stereocenters. The van der Waals surface area contributed by atoms with Gasteiger partial charge in [0, 0.05) is 26.2 Å². The van der Waals surface area contributed by atoms with Gasteiger partial charge < -0.3 is 10.5 Å². The van der Waals surface area contributed by atoms with E-state index in [4.69, 9.17) is 10.5 Å². The van der Waals surface area contributed by atoms with Crippen molar-refractivity contribution in [2.24, 2.45) is 5.73 Å². The number of nitrogens with zero attached hydrogens (tertiary/aromatic N) is 1. The fraction of sp³-hybridized carbons (Fsp3) is 0.571. The molecule has 3 N–H and O–H groups in total. The van der Waals surface area contributed by atoms with Crippen LogP contribution in [0, 0.1) is 0 Å². The lowest BCUT2D eigenvalue weighted by molar-refractivity contribution is 0.0376. The highest BCUT2D eigenvalue weighted by Gasteiger charge is 2.14. The van der Waals surface area contributed by atoms with Crippen LogP contribution in [-0.4, -0.2) is 52.7 Å². The summed E-state index contributed by atoms with van der Waals surface area (Å²) in [7, 11) is -3.44. The van der Waals surface area contributed by atoms with Gasteiger partial charge in [0.15, 0.2) is 0 Å². The van der Waals surface area contributed by atoms with Crippen molar-refractivity contribution in [3.8, 4) is 0 Å². The SMILES string of the molecule is NCc1cccc(S(=O)(=O)NCCCN2CCOCC2)c1. The molecule has 1 aliphatic rings. The molecule has 21 heavy (non-hydrogen) atoms. The third-order valence-corrected chi connectivity index (χ3v) is 4.95. The van der Waals surface area contributed by atoms with Crippen LogP contribution in [0.5, 0.6) is 0 Å². The number of sulfonamides is 1. The smallest absolute Gasteiger partial charge is 0.240 e. The summed E-state index contributed by atoms with van der Waals surface area (Å²) in [5, 5.41) is 0. The Labute approximate surface area is 126 Å². The predicted molar refractivity (Wildman–Crippen MR) is 81.4 cm³/mol. The molecule has 0 unspecified atom stereocenters. The Morgan fingerprint density at radius 1 is 1.29 bits per heavy atom. The Hall–Kier alpha value is -0.990. The number of nitrogens with one attached hydrogen (secondary N) is 1. The highest BCUT2D eigenvalue weighted by atomic mass is 32.2. The topological polar surface area (TPSA) is 84.7 Å². The molecule has 0 spiro atoms. The molecular weight excluding hydrogens is 290 g/mol. The molecule has 118 valence electrons. The van der Waals surface area contributed by atoms with Crippen LogP contribution in [-0.2, 0) is 21.3 Å². The summed E-state index contributed by atoms with van der Waals surface area (Å²) in [5.74, 6) is 0. The van der Waals surface area contributed by atoms with Crippen molar-refractivity contribution < 1.29 is 13.2 Å². The number of rotatable bonds is 7. The average Bonchev–Trinajstić information content (AvgIpc) is 2.53. The van der Waals surface area contributed by atoms with Crippen LogP contribution in [0.15, 0.2) is 29.2 Å². The van der Waals surface area contributed by atoms with E-state index in [-0.39, 0.29) is 4.90 Å². The minimum atomic E-state index is -3.44. The molecule has 0 bridgehead atoms. The minimum Gasteiger partial charge on any atom is -0.379 e. The van der Waals surface area contributed by atoms with E-state index >= 15 is 0 Å². The van der Waals surface area contributed by atoms with Crippen molar-refractivity contribution in [3.05, 3.63) is 29.8 Å². The molecule has 1 aromatic rings. The highest BCUT2D eigenvalue weighted by Crippen LogP contribution is 2.11. The van der Waals surface area contributed by atoms with Crippen molar-refractivity contribution in [2.45, 2.75) is 17.9 Å². The van der Waals surface area contributed by atoms with Crippen molar-refractivity contribution in [2.75, 3.05) is 39.4 Å². The Morgan fingerprint density at radius 2 is 2.05 bits per heavy atom. The molecule has 0 radical (unpaired) electrons. The van der Waals surface area contributed by atoms with E-state index in [0.717, 1.165) is 44.8 Å². The minimum absolute atomic E-state index is 0.275. The van der Waals surface area contributed by atoms with Gasteiger partial charge in [0.05, 0.1) is 18.1 Å². The number of benzene rings is 1. The second-order valence-electron chi connectivity index (χ2n) is 5.06. The molecular formula is C14H23N3O3S. The third kappa shape index (κ3) is 5.05. The van der Waals surface area contributed by atoms with Gasteiger partial charge in [-0.3, -0.25) is 4.90 Å². The van der Waals surface area contributed by atoms with Crippen molar-refractivity contribution in [1.29, 1.82) is 0 Å². The standard InChI is InChI=1S/C14H23N3O3S/c15-12-13-3-1-4-14(11-13)21(18,19)16-5-2-6-17-7-9-20-10-8-17/h1,3-4,11,16H,2,5-10,12,15H2. The molecule has 1 aromatic carbocycles. The van der Waals surface area contributed by atoms with Gasteiger partial charge in [0.1, 0.15) is 0 Å². The zero-order valence-electron chi connectivity index (χ0n) is 12.1. The summed E-state index contributed by atoms with van der Waals surface area (Å²) >= 11 is 0. The highest BCUT2D eigenvalue weighted by molar-refractivity contribution is 7.89. The van der Waals surface area contributed by atoms with Crippen LogP contribution in [0.4, 0.5) is 0 Å². The van der Waals surface area contributed by atoms with Crippen molar-refractivity contribution in [1.82, 2.24) is 9.62 Å². The first kappa shape index (κ1) is 16.4. The zero-order valence-corrected chi connectivity index (χ0v) is 12.9. The fourth-order valence-electron chi connectivity index (χ4n) is 2.26. The largest absolute Gasteiger partial charge is 0.379 e. The Morgan fingerprint density at radius 3 is 2.76 bits per heavy atom. The summed E-state index contributed by atoms with van der Waals surface area (Å²) in [6.07, 6.45) is 0.788. The number of hydrogen-bond acceptors (Lipinski definition) is 5. The molecule has 7 heteroatoms. The summed E-state index contributed by atoms with van der Waals surface area (Å²) < 4.78 is 32.2. The van der Waals surface area contributed by atoms with Crippen molar-refractivity contribution in [3.63, 3.8) is 0 Å². The molecule has 1 aliphatic heterocycles. The molecule has 6 nitrogen and oxygen atoms in total. The third-order valence-electron chi connectivity index (χ3n) is 3.49. The van der Waals surface area contributed by atoms with E-state index in [2.05, 4.69) is 9.62 Å². The predicted octanol–water partition coefficient (Wildman–Crippen LogP) is 0.146. The van der Waals surface area contributed by atoms with Gasteiger partial charge in [-0.05, 0) is 30.7 Å². The first-order valence-corrected chi connectivity index (χ1v) is 8.69. The average molecular weight is 313 g/mol. The summed E-state index contributed by atoms with van der Waals surface area (Å²) in [4.78, 5) is 2.56. The lowest BCUT2D eigenvalue weighted by atomic mass is 10.2. The van der Waals surface area contributed by atoms with Crippen LogP contribution in [0.3, 0.4) is 0 Å². The summed E-state index contributed by atoms with van der Waals surface area (Å²) in [5.41, 5.74) is 6.35. The Kier molecular flexibility index (Phi) is 6.13. The number of nitrogens with two attached hydrogens (primary N) is 1. The molecule has 0 saturated carbocycles. The first-order valence-electron chi connectivity index (χ1n) is 7.20. The van der Waals surface area contributed by atoms with E-state index < -0.39 is 10.0 Å². The first-order chi connectivity index (χ1) is 10.1. The van der Waals surface area contributed by atoms with Gasteiger partial charge in [-0.2, -0.15) is 0 Å². The van der Waals surface area contributed by atoms with Gasteiger partial charge in [-0.15, -0.1) is 0 Å². The van der Waals surface area contributed by atoms with Gasteiger partial charge in [0.25, 0.3) is 0 Å². The maximum atomic E-state index is 12.2. The quantitative estimate of drug-likeness (QED) is 0.700. The maximum absolute atomic E-state index is 12.2. The molecule has 1 heterocycles. The van der Waals surface area contributed by atoms with Crippen molar-refractivity contribution >= 4 is 10.0 Å². The molecule has 2 rings (SSSR count). The molecule has 0 aliphatic carbocycles. The van der Waals surface area contributed by atoms with Crippen LogP contribution in [0.2, 0.25) is 0 Å². The Balaban J connectivity index is 1.80. The van der Waals surface area contributed by atoms with E-state index in [0.29, 0.717) is 13.1 Å². The Bertz CT molecular complexity index is 542. The van der Waals surface area contributed by atoms with E-state index in [1.165, 1.54) is 0 Å². The molecule has 0 amide bonds. The van der Waals surface area contributed by atoms with Gasteiger partial charge in [0.2, 0.25) is 10.0 Å². The van der Waals surface area contributed by atoms with E-state index in [9.17, 15) is 8.42 Å². The monoisotopic (exact) mass is 313 g/mol. The normalized spacial score (nSPS) is 17.0. The van der Waals surface area contributed by atoms with Crippen LogP contribution in [0.1, 0.15) is 12.0 Å². The summed E-state index contributed by atoms with van der Waals surface area (Å²) in [6, 6.07) is 6.73. The second kappa shape index (κ2) is 7.86. The zero-order chi connectivity index (χ0) is 15.1. The fourth-order valence-corrected chi connectivity index (χ4v) is 3.40. The number of ether oxygens (including phenoxy) is 1. The van der Waals surface area contributed by atoms with E-state index in [1.807, 2.05) is 6.07 Å². The van der Waals surface area contributed by atoms with E-state index in [1.54, 1.807) is 18.2 Å². The number of morpholine rings is 1. The molecule has 1 saturated heterocycles. The summed E-state index contributed by atoms with van der Waals surface area (Å²) in [6.45, 7) is 5.02. The van der Waals surface area contributed by atoms with Gasteiger partial charge in [-0.1, -0.05) is 12.1 Å². The second-order valence-corrected chi connectivity index (χ2v) is 6.82. The van der Waals surface area contributed by atoms with Gasteiger partial charge in [-0.25, -0.2) is 13.1 Å². The molecule has 0 aromatic heterocycles. The maximum Gasteiger partial charge on any atom is 0.240 e. The lowest BCUT2D eigenvalue weighted by Gasteiger charge is -2.26. The van der Waals surface area contributed by atoms with Crippen LogP contribution >= 0.6 is 0 Å². The van der Waals surface area contributed by atoms with Crippen LogP contribution in [0.25, 0.3) is 0 Å². The van der Waals surface area contributed by atoms with Gasteiger partial charge >= 0.3 is 0 Å². The van der Waals surface area contributed by atoms with Crippen LogP contribution < -0.4 is 10.5 Å². The lowest BCUT2D eigenvalue weighted by Crippen LogP contribution is -2.38. The number of hydrogen-bond donors (Lipinski definition) is 2. The molecule has 1 fully saturated rings.